The van der Waals surface area contributed by atoms with Crippen molar-refractivity contribution >= 4 is 5.90 Å². The van der Waals surface area contributed by atoms with Gasteiger partial charge in [0.1, 0.15) is 18.3 Å². The highest BCUT2D eigenvalue weighted by Crippen LogP contribution is 2.25. The van der Waals surface area contributed by atoms with E-state index in [-0.39, 0.29) is 6.04 Å². The van der Waals surface area contributed by atoms with Gasteiger partial charge in [0.2, 0.25) is 5.90 Å². The highest BCUT2D eigenvalue weighted by atomic mass is 16.5. The average molecular weight is 290 g/mol. The summed E-state index contributed by atoms with van der Waals surface area (Å²) >= 11 is 0. The van der Waals surface area contributed by atoms with Crippen molar-refractivity contribution in [1.82, 2.24) is 15.2 Å². The number of pyridine rings is 1. The maximum atomic E-state index is 5.74. The second kappa shape index (κ2) is 5.44. The number of rotatable bonds is 3. The molecule has 3 heterocycles. The number of hydrogen-bond acceptors (Lipinski definition) is 4. The van der Waals surface area contributed by atoms with Crippen LogP contribution in [-0.2, 0) is 4.74 Å². The largest absolute Gasteiger partial charge is 0.474 e. The van der Waals surface area contributed by atoms with E-state index in [4.69, 9.17) is 4.74 Å². The van der Waals surface area contributed by atoms with Crippen LogP contribution >= 0.6 is 0 Å². The molecule has 0 aliphatic carbocycles. The zero-order valence-electron chi connectivity index (χ0n) is 11.8. The number of ether oxygens (including phenoxy) is 1. The molecule has 0 radical (unpaired) electrons. The van der Waals surface area contributed by atoms with E-state index in [1.54, 1.807) is 6.20 Å². The molecule has 1 aromatic carbocycles. The van der Waals surface area contributed by atoms with E-state index < -0.39 is 0 Å². The molecule has 1 N–H and O–H groups in total. The first-order chi connectivity index (χ1) is 10.9. The molecular weight excluding hydrogens is 276 g/mol. The fraction of sp³-hybridized carbons (Fsp3) is 0.118. The van der Waals surface area contributed by atoms with Crippen LogP contribution in [0.3, 0.4) is 0 Å². The van der Waals surface area contributed by atoms with Gasteiger partial charge in [-0.25, -0.2) is 9.98 Å². The Morgan fingerprint density at radius 1 is 0.955 bits per heavy atom. The van der Waals surface area contributed by atoms with Gasteiger partial charge in [-0.1, -0.05) is 36.4 Å². The Balaban J connectivity index is 1.64. The number of aromatic nitrogens is 3. The Kier molecular flexibility index (Phi) is 3.16. The van der Waals surface area contributed by atoms with Gasteiger partial charge in [0.05, 0.1) is 11.4 Å². The topological polar surface area (TPSA) is 63.2 Å². The number of hydrogen-bond donors (Lipinski definition) is 1. The molecular formula is C17H14N4O. The molecule has 108 valence electrons. The van der Waals surface area contributed by atoms with Gasteiger partial charge in [-0.2, -0.15) is 5.10 Å². The molecule has 1 aliphatic heterocycles. The van der Waals surface area contributed by atoms with E-state index in [0.717, 1.165) is 22.6 Å². The summed E-state index contributed by atoms with van der Waals surface area (Å²) < 4.78 is 5.74. The number of nitrogens with one attached hydrogen (secondary N) is 1. The van der Waals surface area contributed by atoms with Gasteiger partial charge in [0.15, 0.2) is 0 Å². The summed E-state index contributed by atoms with van der Waals surface area (Å²) in [5.74, 6) is 0.593. The summed E-state index contributed by atoms with van der Waals surface area (Å²) in [4.78, 5) is 9.26. The second-order valence-corrected chi connectivity index (χ2v) is 5.05. The Morgan fingerprint density at radius 3 is 2.64 bits per heavy atom. The first kappa shape index (κ1) is 12.8. The lowest BCUT2D eigenvalue weighted by Crippen LogP contribution is -2.04. The van der Waals surface area contributed by atoms with E-state index in [1.165, 1.54) is 0 Å². The molecule has 2 aromatic heterocycles. The zero-order chi connectivity index (χ0) is 14.8. The molecule has 0 spiro atoms. The lowest BCUT2D eigenvalue weighted by atomic mass is 10.1. The standard InChI is InChI=1S/C17H14N4O/c1-2-5-12(6-3-1)16-11-22-17(20-16)15-8-4-7-13(19-15)14-9-10-18-21-14/h1-10,16H,11H2,(H,18,21)/t16-/m0/s1. The van der Waals surface area contributed by atoms with Crippen LogP contribution in [0.2, 0.25) is 0 Å². The number of H-pyrrole nitrogens is 1. The van der Waals surface area contributed by atoms with Crippen molar-refractivity contribution in [1.29, 1.82) is 0 Å². The van der Waals surface area contributed by atoms with E-state index >= 15 is 0 Å². The summed E-state index contributed by atoms with van der Waals surface area (Å²) in [6, 6.07) is 17.9. The van der Waals surface area contributed by atoms with Crippen molar-refractivity contribution in [2.75, 3.05) is 6.61 Å². The molecule has 0 bridgehead atoms. The van der Waals surface area contributed by atoms with Crippen molar-refractivity contribution in [2.24, 2.45) is 4.99 Å². The van der Waals surface area contributed by atoms with Crippen molar-refractivity contribution in [3.63, 3.8) is 0 Å². The van der Waals surface area contributed by atoms with Gasteiger partial charge in [0.25, 0.3) is 0 Å². The molecule has 4 rings (SSSR count). The van der Waals surface area contributed by atoms with Crippen LogP contribution in [0, 0.1) is 0 Å². The summed E-state index contributed by atoms with van der Waals surface area (Å²) in [5, 5.41) is 6.86. The van der Waals surface area contributed by atoms with Gasteiger partial charge in [-0.3, -0.25) is 5.10 Å². The van der Waals surface area contributed by atoms with Gasteiger partial charge >= 0.3 is 0 Å². The molecule has 0 fully saturated rings. The summed E-state index contributed by atoms with van der Waals surface area (Å²) in [6.07, 6.45) is 1.71. The van der Waals surface area contributed by atoms with E-state index in [2.05, 4.69) is 32.3 Å². The third-order valence-corrected chi connectivity index (χ3v) is 3.58. The second-order valence-electron chi connectivity index (χ2n) is 5.05. The minimum atomic E-state index is 0.0359. The fourth-order valence-electron chi connectivity index (χ4n) is 2.46. The maximum absolute atomic E-state index is 5.74. The van der Waals surface area contributed by atoms with Crippen LogP contribution in [0.4, 0.5) is 0 Å². The van der Waals surface area contributed by atoms with Crippen LogP contribution < -0.4 is 0 Å². The Labute approximate surface area is 127 Å². The highest BCUT2D eigenvalue weighted by Gasteiger charge is 2.22. The molecule has 22 heavy (non-hydrogen) atoms. The molecule has 0 amide bonds. The summed E-state index contributed by atoms with van der Waals surface area (Å²) in [7, 11) is 0. The predicted molar refractivity (Wildman–Crippen MR) is 83.5 cm³/mol. The number of nitrogens with zero attached hydrogens (tertiary/aromatic N) is 3. The predicted octanol–water partition coefficient (Wildman–Crippen LogP) is 2.99. The molecule has 3 aromatic rings. The Hall–Kier alpha value is -2.95. The smallest absolute Gasteiger partial charge is 0.236 e. The van der Waals surface area contributed by atoms with Gasteiger partial charge in [0, 0.05) is 6.20 Å². The van der Waals surface area contributed by atoms with E-state index in [1.807, 2.05) is 42.5 Å². The van der Waals surface area contributed by atoms with Crippen molar-refractivity contribution in [3.8, 4) is 11.4 Å². The van der Waals surface area contributed by atoms with Gasteiger partial charge in [-0.05, 0) is 23.8 Å². The van der Waals surface area contributed by atoms with Crippen molar-refractivity contribution in [2.45, 2.75) is 6.04 Å². The van der Waals surface area contributed by atoms with E-state index in [0.29, 0.717) is 12.5 Å². The molecule has 1 aliphatic rings. The third-order valence-electron chi connectivity index (χ3n) is 3.58. The number of aromatic amines is 1. The van der Waals surface area contributed by atoms with E-state index in [9.17, 15) is 0 Å². The molecule has 0 saturated heterocycles. The van der Waals surface area contributed by atoms with Crippen LogP contribution in [0.5, 0.6) is 0 Å². The fourth-order valence-corrected chi connectivity index (χ4v) is 2.46. The minimum absolute atomic E-state index is 0.0359. The van der Waals surface area contributed by atoms with Crippen molar-refractivity contribution in [3.05, 3.63) is 72.1 Å². The zero-order valence-corrected chi connectivity index (χ0v) is 11.8. The summed E-state index contributed by atoms with van der Waals surface area (Å²) in [5.41, 5.74) is 3.59. The molecule has 0 saturated carbocycles. The van der Waals surface area contributed by atoms with Crippen LogP contribution in [0.1, 0.15) is 17.3 Å². The van der Waals surface area contributed by atoms with Crippen LogP contribution in [0.15, 0.2) is 65.8 Å². The maximum Gasteiger partial charge on any atom is 0.236 e. The summed E-state index contributed by atoms with van der Waals surface area (Å²) in [6.45, 7) is 0.551. The van der Waals surface area contributed by atoms with Gasteiger partial charge in [-0.15, -0.1) is 0 Å². The third kappa shape index (κ3) is 2.37. The first-order valence-electron chi connectivity index (χ1n) is 7.13. The SMILES string of the molecule is c1ccc([C@@H]2COC(c3cccc(-c4ccn[nH]4)n3)=N2)cc1. The minimum Gasteiger partial charge on any atom is -0.474 e. The van der Waals surface area contributed by atoms with Crippen LogP contribution in [0.25, 0.3) is 11.4 Å². The van der Waals surface area contributed by atoms with Gasteiger partial charge < -0.3 is 4.74 Å². The monoisotopic (exact) mass is 290 g/mol. The number of aliphatic imine (C=N–C) groups is 1. The normalized spacial score (nSPS) is 17.1. The lowest BCUT2D eigenvalue weighted by molar-refractivity contribution is 0.319. The number of benzene rings is 1. The average Bonchev–Trinajstić information content (AvgIpc) is 3.28. The Morgan fingerprint density at radius 2 is 1.82 bits per heavy atom. The molecule has 0 unspecified atom stereocenters. The molecule has 1 atom stereocenters. The Bertz CT molecular complexity index is 797. The quantitative estimate of drug-likeness (QED) is 0.806. The molecule has 5 heteroatoms. The van der Waals surface area contributed by atoms with Crippen LogP contribution in [-0.4, -0.2) is 27.7 Å². The van der Waals surface area contributed by atoms with Crippen molar-refractivity contribution < 1.29 is 4.74 Å². The lowest BCUT2D eigenvalue weighted by Gasteiger charge is -2.03. The highest BCUT2D eigenvalue weighted by molar-refractivity contribution is 5.93. The first-order valence-corrected chi connectivity index (χ1v) is 7.13. The molecule has 5 nitrogen and oxygen atoms in total.